The Balaban J connectivity index is 2.37. The van der Waals surface area contributed by atoms with Crippen LogP contribution in [0.1, 0.15) is 5.69 Å². The van der Waals surface area contributed by atoms with Crippen LogP contribution in [0.2, 0.25) is 0 Å². The number of nitrogens with zero attached hydrogens (tertiary/aromatic N) is 4. The Bertz CT molecular complexity index is 869. The number of fused-ring (bicyclic) bond motifs is 1. The van der Waals surface area contributed by atoms with Crippen molar-refractivity contribution in [1.82, 2.24) is 19.2 Å². The number of hydrogen-bond donors (Lipinski definition) is 0. The lowest BCUT2D eigenvalue weighted by molar-refractivity contribution is 0.629. The van der Waals surface area contributed by atoms with Gasteiger partial charge >= 0.3 is 5.69 Å². The first-order chi connectivity index (χ1) is 9.72. The molecule has 0 aliphatic rings. The van der Waals surface area contributed by atoms with Crippen LogP contribution in [-0.4, -0.2) is 19.2 Å². The molecule has 0 spiro atoms. The molecular weight excluding hydrogens is 252 g/mol. The predicted octanol–water partition coefficient (Wildman–Crippen LogP) is 1.50. The van der Waals surface area contributed by atoms with Crippen LogP contribution in [-0.2, 0) is 6.54 Å². The molecule has 0 atom stereocenters. The highest BCUT2D eigenvalue weighted by atomic mass is 16.2. The van der Waals surface area contributed by atoms with Crippen molar-refractivity contribution in [3.8, 4) is 23.7 Å². The van der Waals surface area contributed by atoms with E-state index in [-0.39, 0.29) is 12.2 Å². The Morgan fingerprint density at radius 3 is 2.75 bits per heavy atom. The molecule has 20 heavy (non-hydrogen) atoms. The van der Waals surface area contributed by atoms with Gasteiger partial charge < -0.3 is 0 Å². The molecule has 3 rings (SSSR count). The molecule has 0 fully saturated rings. The minimum absolute atomic E-state index is 0.139. The molecule has 2 heterocycles. The van der Waals surface area contributed by atoms with Gasteiger partial charge in [0.25, 0.3) is 0 Å². The summed E-state index contributed by atoms with van der Waals surface area (Å²) >= 11 is 0. The summed E-state index contributed by atoms with van der Waals surface area (Å²) in [6, 6.07) is 9.57. The Labute approximate surface area is 115 Å². The van der Waals surface area contributed by atoms with Gasteiger partial charge in [0.15, 0.2) is 0 Å². The smallest absolute Gasteiger partial charge is 0.246 e. The standard InChI is InChI=1S/C15H12N4O/c1-3-9-18-15(20)19-13(10-16-18)11(2)17-14(19)12-7-5-4-6-8-12/h1,4-8,10H,9H2,2H3. The van der Waals surface area contributed by atoms with Crippen molar-refractivity contribution >= 4 is 5.52 Å². The van der Waals surface area contributed by atoms with Gasteiger partial charge in [-0.05, 0) is 6.92 Å². The molecule has 0 aliphatic heterocycles. The maximum atomic E-state index is 12.5. The molecule has 0 bridgehead atoms. The Kier molecular flexibility index (Phi) is 2.84. The maximum absolute atomic E-state index is 12.5. The van der Waals surface area contributed by atoms with Gasteiger partial charge in [-0.1, -0.05) is 36.3 Å². The summed E-state index contributed by atoms with van der Waals surface area (Å²) in [6.07, 6.45) is 6.87. The lowest BCUT2D eigenvalue weighted by Crippen LogP contribution is -2.28. The molecule has 1 aromatic carbocycles. The van der Waals surface area contributed by atoms with E-state index >= 15 is 0 Å². The second-order valence-electron chi connectivity index (χ2n) is 4.40. The zero-order chi connectivity index (χ0) is 14.1. The van der Waals surface area contributed by atoms with Crippen molar-refractivity contribution in [2.75, 3.05) is 0 Å². The summed E-state index contributed by atoms with van der Waals surface area (Å²) in [4.78, 5) is 16.9. The average Bonchev–Trinajstić information content (AvgIpc) is 2.81. The van der Waals surface area contributed by atoms with Crippen LogP contribution in [0.15, 0.2) is 41.3 Å². The third-order valence-electron chi connectivity index (χ3n) is 3.10. The fourth-order valence-electron chi connectivity index (χ4n) is 2.15. The monoisotopic (exact) mass is 264 g/mol. The first-order valence-electron chi connectivity index (χ1n) is 6.16. The molecule has 98 valence electrons. The largest absolute Gasteiger partial charge is 0.351 e. The lowest BCUT2D eigenvalue weighted by Gasteiger charge is -2.03. The minimum Gasteiger partial charge on any atom is -0.246 e. The number of terminal acetylenes is 1. The van der Waals surface area contributed by atoms with Gasteiger partial charge in [-0.25, -0.2) is 18.9 Å². The lowest BCUT2D eigenvalue weighted by atomic mass is 10.2. The molecule has 0 saturated heterocycles. The molecule has 5 nitrogen and oxygen atoms in total. The fourth-order valence-corrected chi connectivity index (χ4v) is 2.15. The maximum Gasteiger partial charge on any atom is 0.351 e. The molecule has 0 amide bonds. The Morgan fingerprint density at radius 2 is 2.05 bits per heavy atom. The zero-order valence-electron chi connectivity index (χ0n) is 10.9. The SMILES string of the molecule is C#CCn1ncc2c(C)nc(-c3ccccc3)n2c1=O. The highest BCUT2D eigenvalue weighted by Gasteiger charge is 2.14. The molecule has 2 aromatic heterocycles. The molecule has 0 radical (unpaired) electrons. The van der Waals surface area contributed by atoms with Crippen LogP contribution in [0.3, 0.4) is 0 Å². The van der Waals surface area contributed by atoms with E-state index in [0.29, 0.717) is 11.3 Å². The average molecular weight is 264 g/mol. The van der Waals surface area contributed by atoms with Gasteiger partial charge in [0.2, 0.25) is 0 Å². The first-order valence-corrected chi connectivity index (χ1v) is 6.16. The van der Waals surface area contributed by atoms with E-state index in [1.165, 1.54) is 4.68 Å². The van der Waals surface area contributed by atoms with Crippen LogP contribution in [0.5, 0.6) is 0 Å². The van der Waals surface area contributed by atoms with E-state index in [1.54, 1.807) is 10.6 Å². The van der Waals surface area contributed by atoms with E-state index in [0.717, 1.165) is 11.3 Å². The van der Waals surface area contributed by atoms with E-state index in [2.05, 4.69) is 16.0 Å². The quantitative estimate of drug-likeness (QED) is 0.659. The summed E-state index contributed by atoms with van der Waals surface area (Å²) in [5.74, 6) is 3.03. The van der Waals surface area contributed by atoms with E-state index < -0.39 is 0 Å². The number of benzene rings is 1. The van der Waals surface area contributed by atoms with E-state index in [4.69, 9.17) is 6.42 Å². The van der Waals surface area contributed by atoms with Crippen molar-refractivity contribution in [2.45, 2.75) is 13.5 Å². The van der Waals surface area contributed by atoms with Gasteiger partial charge in [0.05, 0.1) is 17.4 Å². The second-order valence-corrected chi connectivity index (χ2v) is 4.40. The predicted molar refractivity (Wildman–Crippen MR) is 76.3 cm³/mol. The fraction of sp³-hybridized carbons (Fsp3) is 0.133. The second kappa shape index (κ2) is 4.67. The van der Waals surface area contributed by atoms with Crippen molar-refractivity contribution < 1.29 is 0 Å². The number of aromatic nitrogens is 4. The Hall–Kier alpha value is -2.87. The van der Waals surface area contributed by atoms with Crippen LogP contribution in [0, 0.1) is 19.3 Å². The summed E-state index contributed by atoms with van der Waals surface area (Å²) in [7, 11) is 0. The third kappa shape index (κ3) is 1.79. The van der Waals surface area contributed by atoms with Crippen LogP contribution in [0.4, 0.5) is 0 Å². The van der Waals surface area contributed by atoms with Gasteiger partial charge in [-0.15, -0.1) is 6.42 Å². The molecule has 5 heteroatoms. The minimum atomic E-state index is -0.278. The number of imidazole rings is 1. The van der Waals surface area contributed by atoms with Crippen molar-refractivity contribution in [2.24, 2.45) is 0 Å². The number of hydrogen-bond acceptors (Lipinski definition) is 3. The summed E-state index contributed by atoms with van der Waals surface area (Å²) in [5.41, 5.74) is 2.06. The molecule has 0 N–H and O–H groups in total. The van der Waals surface area contributed by atoms with Crippen molar-refractivity contribution in [1.29, 1.82) is 0 Å². The molecular formula is C15H12N4O. The highest BCUT2D eigenvalue weighted by Crippen LogP contribution is 2.19. The molecule has 0 aliphatic carbocycles. The van der Waals surface area contributed by atoms with E-state index in [9.17, 15) is 4.79 Å². The Morgan fingerprint density at radius 1 is 1.30 bits per heavy atom. The summed E-state index contributed by atoms with van der Waals surface area (Å²) in [6.45, 7) is 1.99. The molecule has 0 saturated carbocycles. The number of rotatable bonds is 2. The topological polar surface area (TPSA) is 52.2 Å². The zero-order valence-corrected chi connectivity index (χ0v) is 10.9. The van der Waals surface area contributed by atoms with E-state index in [1.807, 2.05) is 37.3 Å². The highest BCUT2D eigenvalue weighted by molar-refractivity contribution is 5.64. The number of aryl methyl sites for hydroxylation is 1. The normalized spacial score (nSPS) is 10.6. The summed E-state index contributed by atoms with van der Waals surface area (Å²) < 4.78 is 2.80. The van der Waals surface area contributed by atoms with Gasteiger partial charge in [0, 0.05) is 5.56 Å². The van der Waals surface area contributed by atoms with Crippen molar-refractivity contribution in [3.05, 3.63) is 52.7 Å². The van der Waals surface area contributed by atoms with Crippen LogP contribution < -0.4 is 5.69 Å². The molecule has 0 unspecified atom stereocenters. The summed E-state index contributed by atoms with van der Waals surface area (Å²) in [5, 5.41) is 4.06. The van der Waals surface area contributed by atoms with Gasteiger partial charge in [0.1, 0.15) is 12.4 Å². The third-order valence-corrected chi connectivity index (χ3v) is 3.10. The van der Waals surface area contributed by atoms with Gasteiger partial charge in [-0.3, -0.25) is 0 Å². The van der Waals surface area contributed by atoms with Gasteiger partial charge in [-0.2, -0.15) is 5.10 Å². The molecule has 3 aromatic rings. The first kappa shape index (κ1) is 12.2. The van der Waals surface area contributed by atoms with Crippen LogP contribution in [0.25, 0.3) is 16.9 Å². The van der Waals surface area contributed by atoms with Crippen molar-refractivity contribution in [3.63, 3.8) is 0 Å². The van der Waals surface area contributed by atoms with Crippen LogP contribution >= 0.6 is 0 Å².